The Kier molecular flexibility index (Phi) is 5.91. The van der Waals surface area contributed by atoms with Gasteiger partial charge in [-0.3, -0.25) is 9.45 Å². The number of methoxy groups -OCH3 is 3. The summed E-state index contributed by atoms with van der Waals surface area (Å²) in [5, 5.41) is 0. The van der Waals surface area contributed by atoms with Gasteiger partial charge in [-0.25, -0.2) is 0 Å². The van der Waals surface area contributed by atoms with Crippen molar-refractivity contribution in [3.8, 4) is 11.5 Å². The Bertz CT molecular complexity index is 1260. The highest BCUT2D eigenvalue weighted by atomic mass is 32.2. The van der Waals surface area contributed by atoms with E-state index in [1.807, 2.05) is 6.08 Å². The predicted molar refractivity (Wildman–Crippen MR) is 129 cm³/mol. The van der Waals surface area contributed by atoms with E-state index in [1.165, 1.54) is 31.4 Å². The summed E-state index contributed by atoms with van der Waals surface area (Å²) < 4.78 is 50.8. The first-order valence-corrected chi connectivity index (χ1v) is 12.8. The molecule has 4 unspecified atom stereocenters. The van der Waals surface area contributed by atoms with E-state index in [0.29, 0.717) is 17.5 Å². The molecule has 7 nitrogen and oxygen atoms in total. The number of benzene rings is 1. The van der Waals surface area contributed by atoms with E-state index in [4.69, 9.17) is 14.2 Å². The molecule has 1 fully saturated rings. The first-order chi connectivity index (χ1) is 16.4. The van der Waals surface area contributed by atoms with Gasteiger partial charge in [-0.2, -0.15) is 8.42 Å². The van der Waals surface area contributed by atoms with Crippen LogP contribution in [0.3, 0.4) is 0 Å². The van der Waals surface area contributed by atoms with Crippen LogP contribution in [0.15, 0.2) is 76.5 Å². The van der Waals surface area contributed by atoms with Gasteiger partial charge in [-0.1, -0.05) is 42.0 Å². The molecule has 2 aliphatic heterocycles. The molecule has 0 aromatic heterocycles. The van der Waals surface area contributed by atoms with Crippen molar-refractivity contribution < 1.29 is 27.2 Å². The molecule has 2 aliphatic carbocycles. The zero-order valence-electron chi connectivity index (χ0n) is 19.5. The van der Waals surface area contributed by atoms with Crippen molar-refractivity contribution in [2.24, 2.45) is 11.8 Å². The molecule has 4 aliphatic rings. The highest BCUT2D eigenvalue weighted by Crippen LogP contribution is 2.49. The van der Waals surface area contributed by atoms with E-state index in [-0.39, 0.29) is 28.2 Å². The Morgan fingerprint density at radius 3 is 2.59 bits per heavy atom. The molecule has 1 aromatic rings. The lowest BCUT2D eigenvalue weighted by atomic mass is 9.69. The molecule has 0 bridgehead atoms. The van der Waals surface area contributed by atoms with Crippen LogP contribution in [0.5, 0.6) is 11.5 Å². The molecule has 0 radical (unpaired) electrons. The van der Waals surface area contributed by atoms with Crippen molar-refractivity contribution in [3.63, 3.8) is 0 Å². The van der Waals surface area contributed by atoms with Gasteiger partial charge in [0.1, 0.15) is 10.7 Å². The molecule has 2 heterocycles. The van der Waals surface area contributed by atoms with Crippen molar-refractivity contribution >= 4 is 10.1 Å². The van der Waals surface area contributed by atoms with E-state index in [1.54, 1.807) is 13.2 Å². The van der Waals surface area contributed by atoms with Gasteiger partial charge in [0.2, 0.25) is 0 Å². The SMILES string of the molecule is COC1=CC=C2CC3C4C=CC=CC4=CCN3CC2C1c1cc(OC)c(OC)c(S(=O)(=O)O)c1. The van der Waals surface area contributed by atoms with E-state index in [2.05, 4.69) is 41.4 Å². The lowest BCUT2D eigenvalue weighted by Crippen LogP contribution is -2.52. The lowest BCUT2D eigenvalue weighted by Gasteiger charge is -2.49. The number of piperidine rings is 1. The van der Waals surface area contributed by atoms with Crippen LogP contribution in [0.4, 0.5) is 0 Å². The third-order valence-corrected chi connectivity index (χ3v) is 8.27. The van der Waals surface area contributed by atoms with Crippen molar-refractivity contribution in [2.45, 2.75) is 23.3 Å². The fraction of sp³-hybridized carbons (Fsp3) is 0.385. The van der Waals surface area contributed by atoms with Crippen LogP contribution in [0.1, 0.15) is 17.9 Å². The van der Waals surface area contributed by atoms with Crippen molar-refractivity contribution in [3.05, 3.63) is 77.1 Å². The fourth-order valence-electron chi connectivity index (χ4n) is 5.86. The van der Waals surface area contributed by atoms with Crippen molar-refractivity contribution in [1.29, 1.82) is 0 Å². The van der Waals surface area contributed by atoms with Gasteiger partial charge in [0, 0.05) is 36.9 Å². The molecule has 34 heavy (non-hydrogen) atoms. The Labute approximate surface area is 200 Å². The third-order valence-electron chi connectivity index (χ3n) is 7.41. The van der Waals surface area contributed by atoms with Crippen LogP contribution >= 0.6 is 0 Å². The molecule has 180 valence electrons. The standard InChI is InChI=1S/C26H29NO6S/c1-31-22-9-8-17-12-21-19-7-5-4-6-16(19)10-11-27(21)15-20(17)25(22)18-13-23(32-2)26(33-3)24(14-18)34(28,29)30/h4-10,13-14,19-21,25H,11-12,15H2,1-3H3,(H,28,29,30). The second kappa shape index (κ2) is 8.76. The number of rotatable bonds is 5. The molecule has 5 rings (SSSR count). The molecular weight excluding hydrogens is 454 g/mol. The highest BCUT2D eigenvalue weighted by molar-refractivity contribution is 7.86. The first-order valence-electron chi connectivity index (χ1n) is 11.3. The zero-order valence-corrected chi connectivity index (χ0v) is 20.3. The topological polar surface area (TPSA) is 85.3 Å². The quantitative estimate of drug-likeness (QED) is 0.636. The second-order valence-electron chi connectivity index (χ2n) is 9.03. The first kappa shape index (κ1) is 23.0. The summed E-state index contributed by atoms with van der Waals surface area (Å²) in [5.41, 5.74) is 3.39. The summed E-state index contributed by atoms with van der Waals surface area (Å²) in [5.74, 6) is 1.23. The van der Waals surface area contributed by atoms with Gasteiger partial charge in [0.05, 0.1) is 21.3 Å². The molecule has 0 spiro atoms. The third kappa shape index (κ3) is 3.79. The number of fused-ring (bicyclic) bond motifs is 4. The normalized spacial score (nSPS) is 28.1. The molecule has 8 heteroatoms. The van der Waals surface area contributed by atoms with Gasteiger partial charge < -0.3 is 14.2 Å². The summed E-state index contributed by atoms with van der Waals surface area (Å²) in [7, 11) is -0.112. The van der Waals surface area contributed by atoms with Gasteiger partial charge in [0.25, 0.3) is 10.1 Å². The molecule has 1 N–H and O–H groups in total. The van der Waals surface area contributed by atoms with Gasteiger partial charge in [-0.05, 0) is 35.8 Å². The summed E-state index contributed by atoms with van der Waals surface area (Å²) in [6, 6.07) is 3.65. The van der Waals surface area contributed by atoms with E-state index in [9.17, 15) is 13.0 Å². The van der Waals surface area contributed by atoms with Crippen LogP contribution < -0.4 is 9.47 Å². The minimum Gasteiger partial charge on any atom is -0.500 e. The van der Waals surface area contributed by atoms with E-state index in [0.717, 1.165) is 25.3 Å². The second-order valence-corrected chi connectivity index (χ2v) is 10.4. The van der Waals surface area contributed by atoms with Crippen molar-refractivity contribution in [2.75, 3.05) is 34.4 Å². The molecular formula is C26H29NO6S. The Morgan fingerprint density at radius 2 is 1.88 bits per heavy atom. The van der Waals surface area contributed by atoms with Gasteiger partial charge >= 0.3 is 0 Å². The number of hydrogen-bond acceptors (Lipinski definition) is 6. The number of allylic oxidation sites excluding steroid dienone is 6. The highest BCUT2D eigenvalue weighted by Gasteiger charge is 2.44. The van der Waals surface area contributed by atoms with E-state index >= 15 is 0 Å². The summed E-state index contributed by atoms with van der Waals surface area (Å²) in [4.78, 5) is 2.20. The van der Waals surface area contributed by atoms with Crippen LogP contribution in [0, 0.1) is 11.8 Å². The summed E-state index contributed by atoms with van der Waals surface area (Å²) >= 11 is 0. The number of nitrogens with zero attached hydrogens (tertiary/aromatic N) is 1. The molecule has 4 atom stereocenters. The lowest BCUT2D eigenvalue weighted by molar-refractivity contribution is 0.109. The molecule has 1 saturated heterocycles. The van der Waals surface area contributed by atoms with Gasteiger partial charge in [0.15, 0.2) is 11.5 Å². The minimum atomic E-state index is -4.54. The minimum absolute atomic E-state index is 0.0159. The average molecular weight is 484 g/mol. The van der Waals surface area contributed by atoms with Crippen molar-refractivity contribution in [1.82, 2.24) is 4.90 Å². The van der Waals surface area contributed by atoms with Gasteiger partial charge in [-0.15, -0.1) is 0 Å². The predicted octanol–water partition coefficient (Wildman–Crippen LogP) is 3.88. The summed E-state index contributed by atoms with van der Waals surface area (Å²) in [6.45, 7) is 1.69. The average Bonchev–Trinajstić information content (AvgIpc) is 2.85. The van der Waals surface area contributed by atoms with E-state index < -0.39 is 10.1 Å². The molecule has 1 aromatic carbocycles. The largest absolute Gasteiger partial charge is 0.500 e. The van der Waals surface area contributed by atoms with Crippen LogP contribution in [0.25, 0.3) is 0 Å². The maximum absolute atomic E-state index is 12.2. The number of ether oxygens (including phenoxy) is 3. The number of hydrogen-bond donors (Lipinski definition) is 1. The monoisotopic (exact) mass is 483 g/mol. The Balaban J connectivity index is 1.58. The maximum atomic E-state index is 12.2. The maximum Gasteiger partial charge on any atom is 0.298 e. The molecule has 0 amide bonds. The van der Waals surface area contributed by atoms with Crippen LogP contribution in [-0.2, 0) is 14.9 Å². The fourth-order valence-corrected chi connectivity index (χ4v) is 6.56. The summed E-state index contributed by atoms with van der Waals surface area (Å²) in [6.07, 6.45) is 16.1. The van der Waals surface area contributed by atoms with Crippen LogP contribution in [-0.4, -0.2) is 58.3 Å². The smallest absolute Gasteiger partial charge is 0.298 e. The Hall–Kier alpha value is -2.81. The zero-order chi connectivity index (χ0) is 24.0. The molecule has 0 saturated carbocycles. The Morgan fingerprint density at radius 1 is 1.06 bits per heavy atom. The van der Waals surface area contributed by atoms with Crippen LogP contribution in [0.2, 0.25) is 0 Å².